The maximum Gasteiger partial charge on any atom is 0.201 e. The van der Waals surface area contributed by atoms with Gasteiger partial charge in [-0.05, 0) is 47.9 Å². The van der Waals surface area contributed by atoms with Gasteiger partial charge in [0.25, 0.3) is 0 Å². The highest BCUT2D eigenvalue weighted by atomic mass is 35.5. The minimum Gasteiger partial charge on any atom is -0.506 e. The molecule has 1 aromatic heterocycles. The van der Waals surface area contributed by atoms with Gasteiger partial charge in [0.1, 0.15) is 5.76 Å². The molecule has 152 valence electrons. The first-order valence-electron chi connectivity index (χ1n) is 9.83. The summed E-state index contributed by atoms with van der Waals surface area (Å²) in [5.74, 6) is -0.170. The van der Waals surface area contributed by atoms with Crippen molar-refractivity contribution in [2.45, 2.75) is 26.2 Å². The molecule has 1 N–H and O–H groups in total. The van der Waals surface area contributed by atoms with Crippen LogP contribution in [0.3, 0.4) is 0 Å². The maximum atomic E-state index is 13.0. The van der Waals surface area contributed by atoms with E-state index in [1.165, 1.54) is 0 Å². The molecule has 0 spiro atoms. The number of allylic oxidation sites excluding steroid dienone is 4. The van der Waals surface area contributed by atoms with Gasteiger partial charge in [0.05, 0.1) is 11.1 Å². The average molecular weight is 418 g/mol. The molecule has 0 radical (unpaired) electrons. The molecule has 3 nitrogen and oxygen atoms in total. The number of aromatic nitrogens is 1. The largest absolute Gasteiger partial charge is 0.506 e. The van der Waals surface area contributed by atoms with E-state index < -0.39 is 0 Å². The summed E-state index contributed by atoms with van der Waals surface area (Å²) in [5.41, 5.74) is 4.98. The Hall–Kier alpha value is -3.04. The Morgan fingerprint density at radius 3 is 2.57 bits per heavy atom. The van der Waals surface area contributed by atoms with Crippen LogP contribution >= 0.6 is 11.6 Å². The minimum absolute atomic E-state index is 0.00853. The second-order valence-electron chi connectivity index (χ2n) is 8.39. The highest BCUT2D eigenvalue weighted by molar-refractivity contribution is 6.40. The molecule has 0 fully saturated rings. The molecule has 0 aliphatic heterocycles. The van der Waals surface area contributed by atoms with E-state index in [0.717, 1.165) is 27.6 Å². The molecular formula is C26H24ClNO2. The van der Waals surface area contributed by atoms with Gasteiger partial charge in [-0.3, -0.25) is 4.79 Å². The molecule has 4 heteroatoms. The number of fused-ring (bicyclic) bond motifs is 1. The van der Waals surface area contributed by atoms with Gasteiger partial charge in [-0.2, -0.15) is 0 Å². The Bertz CT molecular complexity index is 1290. The zero-order chi connectivity index (χ0) is 21.8. The maximum absolute atomic E-state index is 13.0. The van der Waals surface area contributed by atoms with Crippen LogP contribution in [0, 0.1) is 6.92 Å². The Balaban J connectivity index is 1.75. The number of carbonyl (C=O) groups excluding carboxylic acids is 1. The topological polar surface area (TPSA) is 42.2 Å². The third-order valence-electron chi connectivity index (χ3n) is 6.12. The number of aliphatic hydroxyl groups is 1. The zero-order valence-electron chi connectivity index (χ0n) is 17.6. The van der Waals surface area contributed by atoms with Crippen molar-refractivity contribution in [3.05, 3.63) is 99.9 Å². The number of aliphatic hydroxyl groups excluding tert-OH is 1. The number of carbonyl (C=O) groups is 1. The highest BCUT2D eigenvalue weighted by Gasteiger charge is 2.37. The predicted molar refractivity (Wildman–Crippen MR) is 124 cm³/mol. The van der Waals surface area contributed by atoms with Gasteiger partial charge in [-0.1, -0.05) is 56.3 Å². The van der Waals surface area contributed by atoms with E-state index in [-0.39, 0.29) is 17.0 Å². The molecule has 1 aliphatic rings. The van der Waals surface area contributed by atoms with Gasteiger partial charge >= 0.3 is 0 Å². The molecule has 1 aliphatic carbocycles. The Morgan fingerprint density at radius 1 is 1.20 bits per heavy atom. The lowest BCUT2D eigenvalue weighted by Gasteiger charge is -2.30. The molecule has 0 atom stereocenters. The lowest BCUT2D eigenvalue weighted by molar-refractivity contribution is -0.111. The minimum atomic E-state index is -0.373. The molecule has 0 bridgehead atoms. The van der Waals surface area contributed by atoms with Crippen molar-refractivity contribution in [2.24, 2.45) is 7.05 Å². The number of ketones is 1. The molecule has 0 saturated carbocycles. The summed E-state index contributed by atoms with van der Waals surface area (Å²) in [5, 5.41) is 12.2. The highest BCUT2D eigenvalue weighted by Crippen LogP contribution is 2.42. The molecule has 30 heavy (non-hydrogen) atoms. The van der Waals surface area contributed by atoms with Crippen molar-refractivity contribution < 1.29 is 9.90 Å². The zero-order valence-corrected chi connectivity index (χ0v) is 18.3. The lowest BCUT2D eigenvalue weighted by Crippen LogP contribution is -2.24. The fraction of sp³-hybridized carbons (Fsp3) is 0.192. The molecule has 1 heterocycles. The molecule has 0 unspecified atom stereocenters. The molecule has 4 rings (SSSR count). The summed E-state index contributed by atoms with van der Waals surface area (Å²) in [6.45, 7) is 10.4. The van der Waals surface area contributed by atoms with Crippen LogP contribution in [0.25, 0.3) is 16.5 Å². The summed E-state index contributed by atoms with van der Waals surface area (Å²) in [6.07, 6.45) is 3.57. The van der Waals surface area contributed by atoms with Gasteiger partial charge in [0.2, 0.25) is 5.78 Å². The predicted octanol–water partition coefficient (Wildman–Crippen LogP) is 6.45. The van der Waals surface area contributed by atoms with Crippen molar-refractivity contribution in [2.75, 3.05) is 0 Å². The van der Waals surface area contributed by atoms with Crippen LogP contribution in [0.1, 0.15) is 30.5 Å². The molecule has 3 aromatic rings. The number of aryl methyl sites for hydroxylation is 2. The fourth-order valence-electron chi connectivity index (χ4n) is 4.17. The van der Waals surface area contributed by atoms with Crippen molar-refractivity contribution in [3.63, 3.8) is 0 Å². The van der Waals surface area contributed by atoms with E-state index in [1.807, 2.05) is 48.1 Å². The molecule has 0 amide bonds. The van der Waals surface area contributed by atoms with Crippen LogP contribution < -0.4 is 0 Å². The number of nitrogens with zero attached hydrogens (tertiary/aromatic N) is 1. The van der Waals surface area contributed by atoms with Crippen LogP contribution in [0.2, 0.25) is 5.02 Å². The number of hydrogen-bond acceptors (Lipinski definition) is 2. The van der Waals surface area contributed by atoms with E-state index in [0.29, 0.717) is 21.7 Å². The van der Waals surface area contributed by atoms with Gasteiger partial charge in [-0.25, -0.2) is 0 Å². The molecule has 0 saturated heterocycles. The van der Waals surface area contributed by atoms with Crippen LogP contribution in [0.4, 0.5) is 0 Å². The smallest absolute Gasteiger partial charge is 0.201 e. The van der Waals surface area contributed by atoms with Crippen molar-refractivity contribution in [3.8, 4) is 0 Å². The molecular weight excluding hydrogens is 394 g/mol. The fourth-order valence-corrected chi connectivity index (χ4v) is 4.34. The first kappa shape index (κ1) is 20.2. The first-order chi connectivity index (χ1) is 14.1. The van der Waals surface area contributed by atoms with Crippen molar-refractivity contribution in [1.82, 2.24) is 4.57 Å². The summed E-state index contributed by atoms with van der Waals surface area (Å²) >= 11 is 6.16. The summed E-state index contributed by atoms with van der Waals surface area (Å²) in [7, 11) is 1.91. The number of Topliss-reactive ketones (excluding diaryl/α,β-unsaturated/α-hetero) is 1. The third kappa shape index (κ3) is 3.01. The first-order valence-corrected chi connectivity index (χ1v) is 10.2. The van der Waals surface area contributed by atoms with E-state index in [2.05, 4.69) is 39.5 Å². The van der Waals surface area contributed by atoms with Crippen LogP contribution in [-0.4, -0.2) is 15.5 Å². The standard InChI is InChI=1S/C26H24ClNO2/c1-15-8-6-7-9-21(15)26(3,4)16(2)12-19-24(29)23(25(19)30)20-14-28(5)22-11-10-17(27)13-18(20)22/h6-14,29H,2H2,1,3-5H3/b19-12+. The van der Waals surface area contributed by atoms with Crippen molar-refractivity contribution in [1.29, 1.82) is 0 Å². The van der Waals surface area contributed by atoms with E-state index in [4.69, 9.17) is 11.6 Å². The lowest BCUT2D eigenvalue weighted by atomic mass is 9.74. The normalized spacial score (nSPS) is 15.8. The summed E-state index contributed by atoms with van der Waals surface area (Å²) in [4.78, 5) is 13.0. The number of benzene rings is 2. The molecule has 2 aromatic carbocycles. The SMILES string of the molecule is C=C(/C=C1/C(=O)C(c2cn(C)c3ccc(Cl)cc23)=C1O)C(C)(C)c1ccccc1C. The Labute approximate surface area is 181 Å². The third-order valence-corrected chi connectivity index (χ3v) is 6.36. The van der Waals surface area contributed by atoms with Crippen molar-refractivity contribution >= 4 is 33.9 Å². The van der Waals surface area contributed by atoms with Crippen LogP contribution in [0.15, 0.2) is 78.2 Å². The van der Waals surface area contributed by atoms with E-state index in [1.54, 1.807) is 6.08 Å². The second-order valence-corrected chi connectivity index (χ2v) is 8.83. The summed E-state index contributed by atoms with van der Waals surface area (Å²) < 4.78 is 1.93. The van der Waals surface area contributed by atoms with Gasteiger partial charge in [0.15, 0.2) is 0 Å². The Morgan fingerprint density at radius 2 is 1.90 bits per heavy atom. The Kier molecular flexibility index (Phi) is 4.74. The number of halogens is 1. The van der Waals surface area contributed by atoms with Gasteiger partial charge in [0, 0.05) is 40.1 Å². The monoisotopic (exact) mass is 417 g/mol. The number of rotatable bonds is 4. The van der Waals surface area contributed by atoms with Gasteiger partial charge < -0.3 is 9.67 Å². The number of hydrogen-bond donors (Lipinski definition) is 1. The van der Waals surface area contributed by atoms with Crippen LogP contribution in [-0.2, 0) is 17.3 Å². The van der Waals surface area contributed by atoms with Gasteiger partial charge in [-0.15, -0.1) is 0 Å². The summed E-state index contributed by atoms with van der Waals surface area (Å²) in [6, 6.07) is 13.7. The van der Waals surface area contributed by atoms with Crippen LogP contribution in [0.5, 0.6) is 0 Å². The van der Waals surface area contributed by atoms with E-state index >= 15 is 0 Å². The second kappa shape index (κ2) is 7.03. The quantitative estimate of drug-likeness (QED) is 0.495. The average Bonchev–Trinajstić information content (AvgIpc) is 3.01. The van der Waals surface area contributed by atoms with E-state index in [9.17, 15) is 9.90 Å².